The maximum atomic E-state index is 12.3. The van der Waals surface area contributed by atoms with Gasteiger partial charge in [0.1, 0.15) is 6.07 Å². The molecule has 0 aliphatic carbocycles. The molecule has 0 saturated heterocycles. The molecule has 29 heavy (non-hydrogen) atoms. The first kappa shape index (κ1) is 19.9. The number of carboxylic acid groups (broad SMARTS) is 1. The van der Waals surface area contributed by atoms with Gasteiger partial charge in [-0.15, -0.1) is 0 Å². The van der Waals surface area contributed by atoms with Crippen molar-refractivity contribution >= 4 is 39.6 Å². The Hall–Kier alpha value is -3.83. The second kappa shape index (κ2) is 8.46. The highest BCUT2D eigenvalue weighted by Gasteiger charge is 2.11. The number of nitrogens with zero attached hydrogens (tertiary/aromatic N) is 2. The summed E-state index contributed by atoms with van der Waals surface area (Å²) in [6.45, 7) is -0.118. The standard InChI is InChI=1S/C20H14ClN3O5/c1-28-17-9-11(2-5-16(17)29-7-6-22)8-14(21)18-23-15-10-12(20(26)27)3-4-13(15)19(25)24-18/h2-5,8-10H,7H2,1H3,(H,26,27)(H,23,24,25)/b14-8-. The molecule has 0 bridgehead atoms. The number of ether oxygens (including phenoxy) is 2. The number of aromatic carboxylic acids is 1. The zero-order valence-electron chi connectivity index (χ0n) is 15.1. The summed E-state index contributed by atoms with van der Waals surface area (Å²) in [5.74, 6) is -0.219. The average molecular weight is 412 g/mol. The van der Waals surface area contributed by atoms with Crippen LogP contribution in [0.2, 0.25) is 0 Å². The summed E-state index contributed by atoms with van der Waals surface area (Å²) in [6.07, 6.45) is 1.56. The van der Waals surface area contributed by atoms with Crippen molar-refractivity contribution in [2.24, 2.45) is 0 Å². The minimum atomic E-state index is -1.12. The third-order valence-corrected chi connectivity index (χ3v) is 4.24. The van der Waals surface area contributed by atoms with E-state index in [4.69, 9.17) is 31.4 Å². The third-order valence-electron chi connectivity index (χ3n) is 3.95. The van der Waals surface area contributed by atoms with Crippen molar-refractivity contribution in [3.63, 3.8) is 0 Å². The highest BCUT2D eigenvalue weighted by atomic mass is 35.5. The van der Waals surface area contributed by atoms with Crippen LogP contribution in [0.3, 0.4) is 0 Å². The Morgan fingerprint density at radius 3 is 2.79 bits per heavy atom. The largest absolute Gasteiger partial charge is 0.493 e. The van der Waals surface area contributed by atoms with Crippen LogP contribution in [0.15, 0.2) is 41.2 Å². The number of methoxy groups -OCH3 is 1. The van der Waals surface area contributed by atoms with Gasteiger partial charge in [0.2, 0.25) is 0 Å². The van der Waals surface area contributed by atoms with Gasteiger partial charge < -0.3 is 19.6 Å². The van der Waals surface area contributed by atoms with E-state index in [0.717, 1.165) is 0 Å². The number of nitrogens with one attached hydrogen (secondary N) is 1. The molecule has 0 amide bonds. The molecule has 2 aromatic carbocycles. The number of hydrogen-bond donors (Lipinski definition) is 2. The Labute approximate surface area is 169 Å². The van der Waals surface area contributed by atoms with Crippen LogP contribution in [-0.4, -0.2) is 34.8 Å². The number of aromatic amines is 1. The van der Waals surface area contributed by atoms with Gasteiger partial charge in [-0.05, 0) is 42.0 Å². The highest BCUT2D eigenvalue weighted by molar-refractivity contribution is 6.50. The Morgan fingerprint density at radius 2 is 2.10 bits per heavy atom. The van der Waals surface area contributed by atoms with Crippen LogP contribution < -0.4 is 15.0 Å². The molecule has 9 heteroatoms. The van der Waals surface area contributed by atoms with E-state index in [1.807, 2.05) is 6.07 Å². The molecule has 0 unspecified atom stereocenters. The lowest BCUT2D eigenvalue weighted by atomic mass is 10.1. The van der Waals surface area contributed by atoms with Crippen molar-refractivity contribution in [3.8, 4) is 17.6 Å². The van der Waals surface area contributed by atoms with Gasteiger partial charge >= 0.3 is 5.97 Å². The first-order valence-electron chi connectivity index (χ1n) is 8.25. The molecule has 1 heterocycles. The Bertz CT molecular complexity index is 1230. The van der Waals surface area contributed by atoms with Gasteiger partial charge in [0, 0.05) is 0 Å². The minimum Gasteiger partial charge on any atom is -0.493 e. The lowest BCUT2D eigenvalue weighted by Gasteiger charge is -2.09. The fourth-order valence-electron chi connectivity index (χ4n) is 2.60. The molecule has 0 fully saturated rings. The van der Waals surface area contributed by atoms with Crippen molar-refractivity contribution < 1.29 is 19.4 Å². The number of carboxylic acids is 1. The summed E-state index contributed by atoms with van der Waals surface area (Å²) in [7, 11) is 1.46. The Balaban J connectivity index is 2.01. The lowest BCUT2D eigenvalue weighted by molar-refractivity contribution is 0.0697. The minimum absolute atomic E-state index is 0.0133. The normalized spacial score (nSPS) is 11.1. The van der Waals surface area contributed by atoms with Crippen LogP contribution in [-0.2, 0) is 0 Å². The molecule has 3 rings (SSSR count). The van der Waals surface area contributed by atoms with Crippen LogP contribution in [0, 0.1) is 11.3 Å². The summed E-state index contributed by atoms with van der Waals surface area (Å²) in [5.41, 5.74) is 0.428. The molecule has 0 aliphatic rings. The number of rotatable bonds is 6. The number of nitriles is 1. The van der Waals surface area contributed by atoms with Crippen molar-refractivity contribution in [1.29, 1.82) is 5.26 Å². The van der Waals surface area contributed by atoms with Crippen LogP contribution in [0.4, 0.5) is 0 Å². The molecule has 0 spiro atoms. The topological polar surface area (TPSA) is 125 Å². The molecule has 0 aliphatic heterocycles. The van der Waals surface area contributed by atoms with Gasteiger partial charge in [-0.2, -0.15) is 5.26 Å². The molecule has 2 N–H and O–H groups in total. The molecular weight excluding hydrogens is 398 g/mol. The second-order valence-corrected chi connectivity index (χ2v) is 6.21. The quantitative estimate of drug-likeness (QED) is 0.637. The molecule has 0 saturated carbocycles. The van der Waals surface area contributed by atoms with Crippen molar-refractivity contribution in [2.75, 3.05) is 13.7 Å². The summed E-state index contributed by atoms with van der Waals surface area (Å²) in [4.78, 5) is 30.3. The number of carbonyl (C=O) groups is 1. The van der Waals surface area contributed by atoms with Crippen LogP contribution in [0.25, 0.3) is 22.0 Å². The SMILES string of the molecule is COc1cc(/C=C(\Cl)c2nc3cc(C(=O)O)ccc3c(=O)[nH]2)ccc1OCC#N. The molecule has 0 radical (unpaired) electrons. The predicted octanol–water partition coefficient (Wildman–Crippen LogP) is 3.27. The highest BCUT2D eigenvalue weighted by Crippen LogP contribution is 2.30. The number of hydrogen-bond acceptors (Lipinski definition) is 6. The van der Waals surface area contributed by atoms with Crippen molar-refractivity contribution in [3.05, 3.63) is 63.7 Å². The van der Waals surface area contributed by atoms with E-state index >= 15 is 0 Å². The van der Waals surface area contributed by atoms with Crippen molar-refractivity contribution in [2.45, 2.75) is 0 Å². The first-order valence-corrected chi connectivity index (χ1v) is 8.63. The zero-order chi connectivity index (χ0) is 21.0. The van der Waals surface area contributed by atoms with E-state index in [9.17, 15) is 9.59 Å². The van der Waals surface area contributed by atoms with E-state index in [1.165, 1.54) is 25.3 Å². The van der Waals surface area contributed by atoms with Crippen molar-refractivity contribution in [1.82, 2.24) is 9.97 Å². The van der Waals surface area contributed by atoms with Crippen LogP contribution in [0.1, 0.15) is 21.7 Å². The van der Waals surface area contributed by atoms with Crippen LogP contribution >= 0.6 is 11.6 Å². The third kappa shape index (κ3) is 4.36. The number of benzene rings is 2. The molecule has 146 valence electrons. The summed E-state index contributed by atoms with van der Waals surface area (Å²) < 4.78 is 10.5. The van der Waals surface area contributed by atoms with E-state index in [-0.39, 0.29) is 33.9 Å². The zero-order valence-corrected chi connectivity index (χ0v) is 15.9. The number of fused-ring (bicyclic) bond motifs is 1. The predicted molar refractivity (Wildman–Crippen MR) is 107 cm³/mol. The first-order chi connectivity index (χ1) is 13.9. The fourth-order valence-corrected chi connectivity index (χ4v) is 2.82. The smallest absolute Gasteiger partial charge is 0.335 e. The molecule has 1 aromatic heterocycles. The van der Waals surface area contributed by atoms with Crippen LogP contribution in [0.5, 0.6) is 11.5 Å². The van der Waals surface area contributed by atoms with Gasteiger partial charge in [0.25, 0.3) is 5.56 Å². The monoisotopic (exact) mass is 411 g/mol. The number of H-pyrrole nitrogens is 1. The molecule has 3 aromatic rings. The van der Waals surface area contributed by atoms with Gasteiger partial charge in [0.05, 0.1) is 28.6 Å². The molecule has 8 nitrogen and oxygen atoms in total. The Kier molecular flexibility index (Phi) is 5.81. The van der Waals surface area contributed by atoms with Gasteiger partial charge in [0.15, 0.2) is 23.9 Å². The van der Waals surface area contributed by atoms with E-state index in [2.05, 4.69) is 9.97 Å². The van der Waals surface area contributed by atoms with E-state index < -0.39 is 11.5 Å². The van der Waals surface area contributed by atoms with Gasteiger partial charge in [-0.25, -0.2) is 9.78 Å². The maximum absolute atomic E-state index is 12.3. The van der Waals surface area contributed by atoms with Gasteiger partial charge in [-0.3, -0.25) is 4.79 Å². The average Bonchev–Trinajstić information content (AvgIpc) is 2.72. The summed E-state index contributed by atoms with van der Waals surface area (Å²) in [6, 6.07) is 10.9. The van der Waals surface area contributed by atoms with E-state index in [0.29, 0.717) is 17.1 Å². The Morgan fingerprint density at radius 1 is 1.31 bits per heavy atom. The molecule has 0 atom stereocenters. The molecular formula is C20H14ClN3O5. The van der Waals surface area contributed by atoms with Gasteiger partial charge in [-0.1, -0.05) is 17.7 Å². The number of halogens is 1. The summed E-state index contributed by atoms with van der Waals surface area (Å²) >= 11 is 6.33. The summed E-state index contributed by atoms with van der Waals surface area (Å²) in [5, 5.41) is 18.1. The number of aromatic nitrogens is 2. The van der Waals surface area contributed by atoms with E-state index in [1.54, 1.807) is 24.3 Å². The second-order valence-electron chi connectivity index (χ2n) is 5.80. The fraction of sp³-hybridized carbons (Fsp3) is 0.100. The lowest BCUT2D eigenvalue weighted by Crippen LogP contribution is -2.11. The maximum Gasteiger partial charge on any atom is 0.335 e.